The van der Waals surface area contributed by atoms with Crippen molar-refractivity contribution in [2.24, 2.45) is 19.8 Å². The SMILES string of the molecule is Cn1ccn(-c2ccc(-c3cc(F)cc(-c4cc(N5CC[C@](C)(N)C5)n(C)c(=O)c4)c3O)cc2Cl)c1=O. The van der Waals surface area contributed by atoms with Crippen LogP contribution in [0.4, 0.5) is 10.2 Å². The van der Waals surface area contributed by atoms with E-state index in [1.54, 1.807) is 50.8 Å². The number of hydrogen-bond donors (Lipinski definition) is 2. The van der Waals surface area contributed by atoms with Crippen LogP contribution in [0, 0.1) is 5.82 Å². The molecule has 2 aromatic carbocycles. The second kappa shape index (κ2) is 8.93. The molecule has 1 aliphatic heterocycles. The van der Waals surface area contributed by atoms with Crippen molar-refractivity contribution < 1.29 is 9.50 Å². The van der Waals surface area contributed by atoms with Crippen molar-refractivity contribution in [2.75, 3.05) is 18.0 Å². The molecule has 0 aliphatic carbocycles. The number of pyridine rings is 1. The smallest absolute Gasteiger partial charge is 0.332 e. The molecule has 1 saturated heterocycles. The normalized spacial score (nSPS) is 17.5. The van der Waals surface area contributed by atoms with E-state index in [0.717, 1.165) is 6.42 Å². The van der Waals surface area contributed by atoms with Gasteiger partial charge in [0.25, 0.3) is 5.56 Å². The molecule has 1 aliphatic rings. The van der Waals surface area contributed by atoms with E-state index in [-0.39, 0.29) is 38.7 Å². The number of anilines is 1. The molecule has 192 valence electrons. The second-order valence-electron chi connectivity index (χ2n) is 9.90. The molecule has 10 heteroatoms. The highest BCUT2D eigenvalue weighted by atomic mass is 35.5. The number of imidazole rings is 1. The van der Waals surface area contributed by atoms with Crippen LogP contribution in [0.3, 0.4) is 0 Å². The second-order valence-corrected chi connectivity index (χ2v) is 10.3. The summed E-state index contributed by atoms with van der Waals surface area (Å²) >= 11 is 6.49. The summed E-state index contributed by atoms with van der Waals surface area (Å²) in [5.74, 6) is -0.130. The first-order chi connectivity index (χ1) is 17.4. The molecule has 0 spiro atoms. The molecule has 0 radical (unpaired) electrons. The van der Waals surface area contributed by atoms with E-state index in [2.05, 4.69) is 0 Å². The van der Waals surface area contributed by atoms with Gasteiger partial charge >= 0.3 is 5.69 Å². The minimum Gasteiger partial charge on any atom is -0.507 e. The van der Waals surface area contributed by atoms with E-state index in [1.165, 1.54) is 31.9 Å². The summed E-state index contributed by atoms with van der Waals surface area (Å²) in [4.78, 5) is 27.2. The van der Waals surface area contributed by atoms with Crippen LogP contribution in [-0.4, -0.2) is 37.4 Å². The highest BCUT2D eigenvalue weighted by molar-refractivity contribution is 6.32. The lowest BCUT2D eigenvalue weighted by atomic mass is 9.97. The average Bonchev–Trinajstić information content (AvgIpc) is 3.37. The Morgan fingerprint density at radius 1 is 1.03 bits per heavy atom. The molecule has 4 aromatic rings. The van der Waals surface area contributed by atoms with Crippen molar-refractivity contribution in [3.63, 3.8) is 0 Å². The molecule has 5 rings (SSSR count). The van der Waals surface area contributed by atoms with Gasteiger partial charge in [0.15, 0.2) is 0 Å². The molecule has 0 bridgehead atoms. The van der Waals surface area contributed by atoms with E-state index in [0.29, 0.717) is 35.7 Å². The van der Waals surface area contributed by atoms with Crippen LogP contribution in [0.25, 0.3) is 27.9 Å². The minimum atomic E-state index is -0.583. The Balaban J connectivity index is 1.60. The molecule has 1 fully saturated rings. The third-order valence-electron chi connectivity index (χ3n) is 6.92. The third-order valence-corrected chi connectivity index (χ3v) is 7.22. The minimum absolute atomic E-state index is 0.183. The number of halogens is 2. The number of rotatable bonds is 4. The Morgan fingerprint density at radius 3 is 2.32 bits per heavy atom. The Labute approximate surface area is 217 Å². The fraction of sp³-hybridized carbons (Fsp3) is 0.259. The van der Waals surface area contributed by atoms with Gasteiger partial charge in [-0.05, 0) is 54.8 Å². The fourth-order valence-electron chi connectivity index (χ4n) is 4.82. The molecule has 0 amide bonds. The summed E-state index contributed by atoms with van der Waals surface area (Å²) in [5, 5.41) is 11.5. The zero-order valence-electron chi connectivity index (χ0n) is 20.7. The van der Waals surface area contributed by atoms with Gasteiger partial charge in [-0.2, -0.15) is 0 Å². The first-order valence-corrected chi connectivity index (χ1v) is 12.1. The molecule has 0 saturated carbocycles. The number of hydrogen-bond acceptors (Lipinski definition) is 5. The van der Waals surface area contributed by atoms with Crippen LogP contribution in [0.5, 0.6) is 5.75 Å². The van der Waals surface area contributed by atoms with Crippen molar-refractivity contribution in [1.82, 2.24) is 13.7 Å². The molecular formula is C27H27ClFN5O3. The highest BCUT2D eigenvalue weighted by Crippen LogP contribution is 2.41. The summed E-state index contributed by atoms with van der Waals surface area (Å²) in [6.07, 6.45) is 3.99. The summed E-state index contributed by atoms with van der Waals surface area (Å²) < 4.78 is 19.2. The summed E-state index contributed by atoms with van der Waals surface area (Å²) in [7, 11) is 3.31. The Hall–Kier alpha value is -3.82. The maximum Gasteiger partial charge on any atom is 0.332 e. The number of phenols is 1. The highest BCUT2D eigenvalue weighted by Gasteiger charge is 2.31. The molecule has 8 nitrogen and oxygen atoms in total. The van der Waals surface area contributed by atoms with Crippen LogP contribution in [0.15, 0.2) is 64.4 Å². The zero-order chi connectivity index (χ0) is 26.6. The van der Waals surface area contributed by atoms with Gasteiger partial charge in [0, 0.05) is 62.3 Å². The van der Waals surface area contributed by atoms with Gasteiger partial charge < -0.3 is 20.3 Å². The quantitative estimate of drug-likeness (QED) is 0.425. The number of phenolic OH excluding ortho intramolecular Hbond substituents is 1. The number of benzene rings is 2. The maximum absolute atomic E-state index is 14.9. The van der Waals surface area contributed by atoms with E-state index in [1.807, 2.05) is 11.8 Å². The van der Waals surface area contributed by atoms with Crippen LogP contribution in [0.2, 0.25) is 5.02 Å². The first-order valence-electron chi connectivity index (χ1n) is 11.8. The van der Waals surface area contributed by atoms with Gasteiger partial charge in [-0.3, -0.25) is 13.9 Å². The summed E-state index contributed by atoms with van der Waals surface area (Å²) in [5.41, 5.74) is 7.06. The van der Waals surface area contributed by atoms with Crippen LogP contribution >= 0.6 is 11.6 Å². The molecule has 1 atom stereocenters. The number of nitrogens with two attached hydrogens (primary N) is 1. The van der Waals surface area contributed by atoms with Gasteiger partial charge in [-0.25, -0.2) is 9.18 Å². The van der Waals surface area contributed by atoms with Gasteiger partial charge in [-0.1, -0.05) is 17.7 Å². The molecule has 3 N–H and O–H groups in total. The van der Waals surface area contributed by atoms with Crippen molar-refractivity contribution in [2.45, 2.75) is 18.9 Å². The van der Waals surface area contributed by atoms with Crippen molar-refractivity contribution in [3.05, 3.63) is 86.5 Å². The van der Waals surface area contributed by atoms with E-state index in [4.69, 9.17) is 17.3 Å². The van der Waals surface area contributed by atoms with Gasteiger partial charge in [0.05, 0.1) is 10.7 Å². The van der Waals surface area contributed by atoms with Gasteiger partial charge in [0.1, 0.15) is 17.4 Å². The van der Waals surface area contributed by atoms with Gasteiger partial charge in [0.2, 0.25) is 0 Å². The van der Waals surface area contributed by atoms with Crippen molar-refractivity contribution in [1.29, 1.82) is 0 Å². The van der Waals surface area contributed by atoms with Crippen LogP contribution < -0.4 is 21.9 Å². The van der Waals surface area contributed by atoms with Crippen molar-refractivity contribution in [3.8, 4) is 33.7 Å². The first kappa shape index (κ1) is 24.9. The van der Waals surface area contributed by atoms with Crippen molar-refractivity contribution >= 4 is 17.4 Å². The van der Waals surface area contributed by atoms with Crippen LogP contribution in [0.1, 0.15) is 13.3 Å². The number of aryl methyl sites for hydroxylation is 1. The Morgan fingerprint density at radius 2 is 1.73 bits per heavy atom. The zero-order valence-corrected chi connectivity index (χ0v) is 21.5. The standard InChI is InChI=1S/C27H27ClFN5O3/c1-27(30)6-7-33(15-27)23-11-17(12-24(35)32(23)3)20-14-18(29)13-19(25(20)36)16-4-5-22(21(28)10-16)34-9-8-31(2)26(34)37/h4-5,8-14,36H,6-7,15,30H2,1-3H3/t27-/m0/s1. The monoisotopic (exact) mass is 523 g/mol. The Bertz CT molecular complexity index is 1650. The molecule has 37 heavy (non-hydrogen) atoms. The lowest BCUT2D eigenvalue weighted by molar-refractivity contribution is 0.477. The maximum atomic E-state index is 14.9. The lowest BCUT2D eigenvalue weighted by Gasteiger charge is -2.24. The number of aromatic hydroxyl groups is 1. The number of aromatic nitrogens is 3. The lowest BCUT2D eigenvalue weighted by Crippen LogP contribution is -2.40. The van der Waals surface area contributed by atoms with E-state index in [9.17, 15) is 19.1 Å². The molecule has 0 unspecified atom stereocenters. The average molecular weight is 524 g/mol. The van der Waals surface area contributed by atoms with Gasteiger partial charge in [-0.15, -0.1) is 0 Å². The third kappa shape index (κ3) is 4.45. The molecule has 2 aromatic heterocycles. The largest absolute Gasteiger partial charge is 0.507 e. The molecular weight excluding hydrogens is 497 g/mol. The summed E-state index contributed by atoms with van der Waals surface area (Å²) in [6, 6.07) is 10.4. The van der Waals surface area contributed by atoms with E-state index < -0.39 is 5.82 Å². The predicted molar refractivity (Wildman–Crippen MR) is 143 cm³/mol. The fourth-order valence-corrected chi connectivity index (χ4v) is 5.09. The topological polar surface area (TPSA) is 98.4 Å². The number of nitrogens with zero attached hydrogens (tertiary/aromatic N) is 4. The predicted octanol–water partition coefficient (Wildman–Crippen LogP) is 3.63. The Kier molecular flexibility index (Phi) is 6.00. The van der Waals surface area contributed by atoms with Crippen LogP contribution in [-0.2, 0) is 14.1 Å². The van der Waals surface area contributed by atoms with E-state index >= 15 is 0 Å². The molecule has 3 heterocycles. The summed E-state index contributed by atoms with van der Waals surface area (Å²) in [6.45, 7) is 3.21.